The van der Waals surface area contributed by atoms with Crippen molar-refractivity contribution in [1.29, 1.82) is 0 Å². The lowest BCUT2D eigenvalue weighted by Gasteiger charge is -2.27. The van der Waals surface area contributed by atoms with Crippen LogP contribution in [-0.4, -0.2) is 59.0 Å². The quantitative estimate of drug-likeness (QED) is 0.570. The third-order valence-electron chi connectivity index (χ3n) is 4.37. The number of nitrogens with zero attached hydrogens (tertiary/aromatic N) is 1. The molecule has 0 aromatic heterocycles. The number of carbonyl (C=O) groups is 1. The summed E-state index contributed by atoms with van der Waals surface area (Å²) in [7, 11) is 0. The van der Waals surface area contributed by atoms with Crippen LogP contribution < -0.4 is 0 Å². The minimum atomic E-state index is -0.712. The van der Waals surface area contributed by atoms with Gasteiger partial charge >= 0.3 is 5.97 Å². The maximum atomic E-state index is 12.3. The number of carbonyl (C=O) groups excluding carboxylic acids is 1. The first-order chi connectivity index (χ1) is 9.45. The molecule has 114 valence electrons. The molecule has 1 saturated heterocycles. The number of rotatable bonds is 5. The van der Waals surface area contributed by atoms with Gasteiger partial charge < -0.3 is 14.9 Å². The van der Waals surface area contributed by atoms with Crippen molar-refractivity contribution in [2.75, 3.05) is 19.7 Å². The molecule has 2 aliphatic rings. The van der Waals surface area contributed by atoms with E-state index < -0.39 is 12.0 Å². The Balaban J connectivity index is 2.03. The zero-order valence-corrected chi connectivity index (χ0v) is 12.5. The molecule has 5 nitrogen and oxygen atoms in total. The molecule has 0 radical (unpaired) electrons. The second kappa shape index (κ2) is 6.24. The molecular weight excluding hydrogens is 258 g/mol. The third kappa shape index (κ3) is 2.90. The number of hydrogen-bond donors (Lipinski definition) is 2. The lowest BCUT2D eigenvalue weighted by Crippen LogP contribution is -2.39. The molecule has 5 heteroatoms. The summed E-state index contributed by atoms with van der Waals surface area (Å²) in [5.74, 6) is -0.783. The molecule has 20 heavy (non-hydrogen) atoms. The van der Waals surface area contributed by atoms with Gasteiger partial charge in [-0.25, -0.2) is 0 Å². The van der Waals surface area contributed by atoms with E-state index in [-0.39, 0.29) is 30.6 Å². The van der Waals surface area contributed by atoms with Crippen LogP contribution >= 0.6 is 0 Å². The minimum Gasteiger partial charge on any atom is -0.460 e. The van der Waals surface area contributed by atoms with Crippen molar-refractivity contribution in [3.05, 3.63) is 11.6 Å². The molecule has 4 atom stereocenters. The highest BCUT2D eigenvalue weighted by atomic mass is 16.5. The van der Waals surface area contributed by atoms with Crippen LogP contribution in [0.25, 0.3) is 0 Å². The van der Waals surface area contributed by atoms with Crippen molar-refractivity contribution in [1.82, 2.24) is 4.90 Å². The van der Waals surface area contributed by atoms with Crippen molar-refractivity contribution in [3.8, 4) is 0 Å². The summed E-state index contributed by atoms with van der Waals surface area (Å²) in [6, 6.07) is 0.0192. The molecule has 0 saturated carbocycles. The first kappa shape index (κ1) is 15.5. The Hall–Kier alpha value is -0.910. The van der Waals surface area contributed by atoms with E-state index in [0.717, 1.165) is 25.1 Å². The van der Waals surface area contributed by atoms with E-state index in [4.69, 9.17) is 4.74 Å². The molecule has 0 spiro atoms. The molecular formula is C15H25NO4. The number of esters is 1. The van der Waals surface area contributed by atoms with Gasteiger partial charge in [-0.3, -0.25) is 9.69 Å². The summed E-state index contributed by atoms with van der Waals surface area (Å²) in [5, 5.41) is 19.1. The van der Waals surface area contributed by atoms with Crippen LogP contribution in [0.3, 0.4) is 0 Å². The molecule has 2 unspecified atom stereocenters. The van der Waals surface area contributed by atoms with Crippen LogP contribution in [0.15, 0.2) is 11.6 Å². The van der Waals surface area contributed by atoms with Gasteiger partial charge in [-0.2, -0.15) is 0 Å². The summed E-state index contributed by atoms with van der Waals surface area (Å²) in [5.41, 5.74) is 0.943. The van der Waals surface area contributed by atoms with E-state index in [9.17, 15) is 15.0 Å². The summed E-state index contributed by atoms with van der Waals surface area (Å²) in [6.45, 7) is 7.16. The molecule has 2 heterocycles. The van der Waals surface area contributed by atoms with E-state index in [0.29, 0.717) is 0 Å². The average Bonchev–Trinajstić information content (AvgIpc) is 2.91. The fourth-order valence-electron chi connectivity index (χ4n) is 3.39. The highest BCUT2D eigenvalue weighted by Gasteiger charge is 2.42. The molecule has 0 aromatic carbocycles. The molecule has 2 N–H and O–H groups in total. The predicted molar refractivity (Wildman–Crippen MR) is 75.0 cm³/mol. The third-order valence-corrected chi connectivity index (χ3v) is 4.37. The van der Waals surface area contributed by atoms with Gasteiger partial charge in [0.1, 0.15) is 6.10 Å². The van der Waals surface area contributed by atoms with Crippen LogP contribution in [0.5, 0.6) is 0 Å². The lowest BCUT2D eigenvalue weighted by atomic mass is 9.91. The van der Waals surface area contributed by atoms with Crippen molar-refractivity contribution in [3.63, 3.8) is 0 Å². The predicted octanol–water partition coefficient (Wildman–Crippen LogP) is 0.558. The van der Waals surface area contributed by atoms with Crippen LogP contribution in [0, 0.1) is 11.8 Å². The number of ether oxygens (including phenoxy) is 1. The van der Waals surface area contributed by atoms with Crippen molar-refractivity contribution in [2.24, 2.45) is 11.8 Å². The molecule has 0 aliphatic carbocycles. The molecule has 2 aliphatic heterocycles. The summed E-state index contributed by atoms with van der Waals surface area (Å²) in [6.07, 6.45) is 1.89. The Morgan fingerprint density at radius 2 is 2.20 bits per heavy atom. The van der Waals surface area contributed by atoms with Crippen molar-refractivity contribution >= 4 is 5.97 Å². The summed E-state index contributed by atoms with van der Waals surface area (Å²) < 4.78 is 5.65. The SMILES string of the molecule is CC(C)C(C(=O)O[C@@H]1CCN2CC=C(CO)[C@H]12)C(C)O. The van der Waals surface area contributed by atoms with Gasteiger partial charge in [0.2, 0.25) is 0 Å². The fraction of sp³-hybridized carbons (Fsp3) is 0.800. The van der Waals surface area contributed by atoms with Crippen LogP contribution in [0.2, 0.25) is 0 Å². The zero-order chi connectivity index (χ0) is 14.9. The highest BCUT2D eigenvalue weighted by molar-refractivity contribution is 5.73. The second-order valence-corrected chi connectivity index (χ2v) is 6.15. The molecule has 0 bridgehead atoms. The Bertz CT molecular complexity index is 383. The molecule has 0 amide bonds. The molecule has 2 rings (SSSR count). The topological polar surface area (TPSA) is 70.0 Å². The largest absolute Gasteiger partial charge is 0.460 e. The number of fused-ring (bicyclic) bond motifs is 1. The highest BCUT2D eigenvalue weighted by Crippen LogP contribution is 2.32. The Morgan fingerprint density at radius 1 is 1.50 bits per heavy atom. The smallest absolute Gasteiger partial charge is 0.312 e. The van der Waals surface area contributed by atoms with Crippen LogP contribution in [0.4, 0.5) is 0 Å². The van der Waals surface area contributed by atoms with Gasteiger partial charge in [-0.05, 0) is 24.8 Å². The zero-order valence-electron chi connectivity index (χ0n) is 12.5. The van der Waals surface area contributed by atoms with E-state index in [1.807, 2.05) is 19.9 Å². The number of aliphatic hydroxyl groups excluding tert-OH is 2. The van der Waals surface area contributed by atoms with Crippen LogP contribution in [-0.2, 0) is 9.53 Å². The van der Waals surface area contributed by atoms with E-state index in [1.165, 1.54) is 0 Å². The van der Waals surface area contributed by atoms with Gasteiger partial charge in [0.05, 0.1) is 24.7 Å². The second-order valence-electron chi connectivity index (χ2n) is 6.15. The van der Waals surface area contributed by atoms with Crippen molar-refractivity contribution < 1.29 is 19.7 Å². The minimum absolute atomic E-state index is 0.0131. The van der Waals surface area contributed by atoms with Gasteiger partial charge in [0, 0.05) is 13.1 Å². The summed E-state index contributed by atoms with van der Waals surface area (Å²) >= 11 is 0. The maximum absolute atomic E-state index is 12.3. The van der Waals surface area contributed by atoms with E-state index >= 15 is 0 Å². The van der Waals surface area contributed by atoms with Gasteiger partial charge in [-0.1, -0.05) is 19.9 Å². The van der Waals surface area contributed by atoms with Gasteiger partial charge in [0.15, 0.2) is 0 Å². The Kier molecular flexibility index (Phi) is 4.83. The average molecular weight is 283 g/mol. The Morgan fingerprint density at radius 3 is 2.75 bits per heavy atom. The maximum Gasteiger partial charge on any atom is 0.312 e. The van der Waals surface area contributed by atoms with Crippen LogP contribution in [0.1, 0.15) is 27.2 Å². The number of hydrogen-bond acceptors (Lipinski definition) is 5. The Labute approximate surface area is 120 Å². The lowest BCUT2D eigenvalue weighted by molar-refractivity contribution is -0.160. The first-order valence-electron chi connectivity index (χ1n) is 7.38. The fourth-order valence-corrected chi connectivity index (χ4v) is 3.39. The first-order valence-corrected chi connectivity index (χ1v) is 7.38. The molecule has 0 aromatic rings. The summed E-state index contributed by atoms with van der Waals surface area (Å²) in [4.78, 5) is 14.5. The monoisotopic (exact) mass is 283 g/mol. The van der Waals surface area contributed by atoms with Gasteiger partial charge in [0.25, 0.3) is 0 Å². The van der Waals surface area contributed by atoms with Crippen molar-refractivity contribution in [2.45, 2.75) is 45.4 Å². The van der Waals surface area contributed by atoms with E-state index in [1.54, 1.807) is 6.92 Å². The van der Waals surface area contributed by atoms with E-state index in [2.05, 4.69) is 4.90 Å². The van der Waals surface area contributed by atoms with Gasteiger partial charge in [-0.15, -0.1) is 0 Å². The standard InChI is InChI=1S/C15H25NO4/c1-9(2)13(10(3)18)15(19)20-12-5-7-16-6-4-11(8-17)14(12)16/h4,9-10,12-14,17-18H,5-8H2,1-3H3/t10?,12-,13?,14-/m1/s1. The normalized spacial score (nSPS) is 29.2. The number of aliphatic hydroxyl groups is 2. The molecule has 1 fully saturated rings.